The molecule has 9 nitrogen and oxygen atoms in total. The number of aromatic amines is 1. The number of hydrazine groups is 1. The van der Waals surface area contributed by atoms with Crippen LogP contribution in [0.3, 0.4) is 0 Å². The molecule has 1 saturated heterocycles. The van der Waals surface area contributed by atoms with Gasteiger partial charge in [-0.3, -0.25) is 15.2 Å². The number of carbonyl (C=O) groups is 1. The predicted octanol–water partition coefficient (Wildman–Crippen LogP) is 2.65. The number of rotatable bonds is 6. The summed E-state index contributed by atoms with van der Waals surface area (Å²) in [5, 5.41) is 15.3. The molecule has 1 fully saturated rings. The highest BCUT2D eigenvalue weighted by atomic mass is 32.1. The normalized spacial score (nSPS) is 15.2. The Labute approximate surface area is 172 Å². The molecule has 0 saturated carbocycles. The van der Waals surface area contributed by atoms with E-state index < -0.39 is 5.41 Å². The fraction of sp³-hybridized carbons (Fsp3) is 0.263. The molecular weight excluding hydrogens is 390 g/mol. The molecule has 2 heterocycles. The van der Waals surface area contributed by atoms with Gasteiger partial charge in [0.2, 0.25) is 10.7 Å². The maximum Gasteiger partial charge on any atom is 0.246 e. The Morgan fingerprint density at radius 2 is 2.00 bits per heavy atom. The van der Waals surface area contributed by atoms with Gasteiger partial charge in [-0.25, -0.2) is 4.68 Å². The Morgan fingerprint density at radius 3 is 2.66 bits per heavy atom. The van der Waals surface area contributed by atoms with Gasteiger partial charge in [0, 0.05) is 5.69 Å². The third kappa shape index (κ3) is 4.06. The van der Waals surface area contributed by atoms with Crippen molar-refractivity contribution < 1.29 is 9.53 Å². The molecule has 0 aliphatic carbocycles. The summed E-state index contributed by atoms with van der Waals surface area (Å²) in [6, 6.07) is 15.2. The molecule has 0 radical (unpaired) electrons. The summed E-state index contributed by atoms with van der Waals surface area (Å²) < 4.78 is 7.73. The zero-order valence-corrected chi connectivity index (χ0v) is 16.9. The third-order valence-corrected chi connectivity index (χ3v) is 4.91. The quantitative estimate of drug-likeness (QED) is 0.423. The zero-order valence-electron chi connectivity index (χ0n) is 16.0. The number of H-pyrrole nitrogens is 1. The van der Waals surface area contributed by atoms with Crippen LogP contribution in [0, 0.1) is 10.2 Å². The van der Waals surface area contributed by atoms with E-state index in [9.17, 15) is 4.79 Å². The lowest BCUT2D eigenvalue weighted by Crippen LogP contribution is -2.33. The molecule has 1 aromatic heterocycles. The van der Waals surface area contributed by atoms with E-state index in [1.165, 1.54) is 0 Å². The zero-order chi connectivity index (χ0) is 20.4. The van der Waals surface area contributed by atoms with E-state index in [0.717, 1.165) is 22.8 Å². The smallest absolute Gasteiger partial charge is 0.246 e. The maximum atomic E-state index is 11.9. The van der Waals surface area contributed by atoms with Gasteiger partial charge in [0.25, 0.3) is 0 Å². The fourth-order valence-electron chi connectivity index (χ4n) is 2.98. The number of aromatic nitrogens is 4. The van der Waals surface area contributed by atoms with E-state index in [4.69, 9.17) is 17.0 Å². The van der Waals surface area contributed by atoms with Gasteiger partial charge in [-0.15, -0.1) is 0 Å². The molecule has 2 aromatic carbocycles. The second kappa shape index (κ2) is 7.55. The molecular formula is C19H21N7O2S. The lowest BCUT2D eigenvalue weighted by molar-refractivity contribution is -0.125. The summed E-state index contributed by atoms with van der Waals surface area (Å²) in [7, 11) is 0. The number of hydrogen-bond donors (Lipinski definition) is 3. The van der Waals surface area contributed by atoms with E-state index >= 15 is 0 Å². The van der Waals surface area contributed by atoms with Crippen molar-refractivity contribution in [3.63, 3.8) is 0 Å². The molecule has 0 spiro atoms. The monoisotopic (exact) mass is 411 g/mol. The second-order valence-corrected chi connectivity index (χ2v) is 7.70. The van der Waals surface area contributed by atoms with Gasteiger partial charge in [-0.2, -0.15) is 5.21 Å². The Bertz CT molecular complexity index is 1070. The van der Waals surface area contributed by atoms with Crippen molar-refractivity contribution >= 4 is 29.5 Å². The summed E-state index contributed by atoms with van der Waals surface area (Å²) in [5.41, 5.74) is 5.10. The van der Waals surface area contributed by atoms with E-state index in [2.05, 4.69) is 26.3 Å². The van der Waals surface area contributed by atoms with Crippen LogP contribution in [-0.2, 0) is 4.79 Å². The van der Waals surface area contributed by atoms with Crippen molar-refractivity contribution in [2.24, 2.45) is 5.41 Å². The summed E-state index contributed by atoms with van der Waals surface area (Å²) in [6.45, 7) is 4.78. The largest absolute Gasteiger partial charge is 0.473 e. The van der Waals surface area contributed by atoms with Crippen LogP contribution in [0.4, 0.5) is 11.4 Å². The molecule has 3 N–H and O–H groups in total. The number of anilines is 2. The Kier molecular flexibility index (Phi) is 4.93. The first-order chi connectivity index (χ1) is 13.9. The van der Waals surface area contributed by atoms with Gasteiger partial charge in [0.05, 0.1) is 23.3 Å². The Morgan fingerprint density at radius 1 is 1.21 bits per heavy atom. The van der Waals surface area contributed by atoms with Crippen molar-refractivity contribution in [3.8, 4) is 11.4 Å². The average molecular weight is 411 g/mol. The third-order valence-electron chi connectivity index (χ3n) is 4.64. The van der Waals surface area contributed by atoms with Crippen LogP contribution in [0.15, 0.2) is 48.5 Å². The molecule has 0 unspecified atom stereocenters. The van der Waals surface area contributed by atoms with Gasteiger partial charge < -0.3 is 10.1 Å². The fourth-order valence-corrected chi connectivity index (χ4v) is 3.17. The molecule has 0 bridgehead atoms. The average Bonchev–Trinajstić information content (AvgIpc) is 3.25. The van der Waals surface area contributed by atoms with Crippen LogP contribution in [0.25, 0.3) is 5.69 Å². The highest BCUT2D eigenvalue weighted by molar-refractivity contribution is 7.71. The van der Waals surface area contributed by atoms with Gasteiger partial charge in [-0.1, -0.05) is 16.4 Å². The van der Waals surface area contributed by atoms with Crippen molar-refractivity contribution in [3.05, 3.63) is 53.3 Å². The number of ether oxygens (including phenoxy) is 1. The minimum atomic E-state index is -0.399. The highest BCUT2D eigenvalue weighted by Gasteiger charge is 2.37. The number of carbonyl (C=O) groups excluding carboxylic acids is 1. The Balaban J connectivity index is 1.34. The van der Waals surface area contributed by atoms with Crippen molar-refractivity contribution in [1.82, 2.24) is 25.6 Å². The lowest BCUT2D eigenvalue weighted by Gasteiger charge is -2.19. The SMILES string of the molecule is CC1(C)CN(c2ccc(OCNc3cccc(-n4[nH]nnc4=S)c3)cc2)NC1=O. The molecule has 3 aromatic rings. The van der Waals surface area contributed by atoms with Crippen molar-refractivity contribution in [2.45, 2.75) is 13.8 Å². The van der Waals surface area contributed by atoms with Gasteiger partial charge in [0.1, 0.15) is 5.75 Å². The second-order valence-electron chi connectivity index (χ2n) is 7.34. The summed E-state index contributed by atoms with van der Waals surface area (Å²) in [4.78, 5) is 11.9. The van der Waals surface area contributed by atoms with Crippen molar-refractivity contribution in [2.75, 3.05) is 23.6 Å². The number of benzene rings is 2. The van der Waals surface area contributed by atoms with Gasteiger partial charge >= 0.3 is 0 Å². The lowest BCUT2D eigenvalue weighted by atomic mass is 9.94. The van der Waals surface area contributed by atoms with Crippen LogP contribution in [0.2, 0.25) is 0 Å². The van der Waals surface area contributed by atoms with E-state index in [1.54, 1.807) is 4.68 Å². The molecule has 1 amide bonds. The predicted molar refractivity (Wildman–Crippen MR) is 111 cm³/mol. The number of nitrogens with zero attached hydrogens (tertiary/aromatic N) is 4. The number of amides is 1. The van der Waals surface area contributed by atoms with Crippen LogP contribution in [0.5, 0.6) is 5.75 Å². The molecule has 150 valence electrons. The first kappa shape index (κ1) is 18.9. The highest BCUT2D eigenvalue weighted by Crippen LogP contribution is 2.28. The standard InChI is InChI=1S/C19H21N7O2S/c1-19(2)11-25(22-17(19)27)14-6-8-16(9-7-14)28-12-20-13-4-3-5-15(10-13)26-18(29)21-23-24-26/h3-10,20H,11-12H2,1-2H3,(H,22,27)(H,21,24,29). The maximum absolute atomic E-state index is 11.9. The summed E-state index contributed by atoms with van der Waals surface area (Å²) >= 11 is 5.12. The number of tetrazole rings is 1. The van der Waals surface area contributed by atoms with E-state index in [0.29, 0.717) is 18.0 Å². The van der Waals surface area contributed by atoms with E-state index in [-0.39, 0.29) is 5.91 Å². The molecule has 29 heavy (non-hydrogen) atoms. The van der Waals surface area contributed by atoms with Gasteiger partial charge in [0.15, 0.2) is 6.73 Å². The minimum Gasteiger partial charge on any atom is -0.473 e. The number of hydrogen-bond acceptors (Lipinski definition) is 7. The topological polar surface area (TPSA) is 100 Å². The minimum absolute atomic E-state index is 0.0245. The molecule has 10 heteroatoms. The van der Waals surface area contributed by atoms with Crippen LogP contribution in [-0.4, -0.2) is 39.4 Å². The first-order valence-corrected chi connectivity index (χ1v) is 9.49. The van der Waals surface area contributed by atoms with Gasteiger partial charge in [-0.05, 0) is 68.5 Å². The van der Waals surface area contributed by atoms with E-state index in [1.807, 2.05) is 67.4 Å². The first-order valence-electron chi connectivity index (χ1n) is 9.08. The molecule has 1 aliphatic heterocycles. The Hall–Kier alpha value is -3.40. The summed E-state index contributed by atoms with van der Waals surface area (Å²) in [5.74, 6) is 0.749. The van der Waals surface area contributed by atoms with Crippen LogP contribution < -0.4 is 20.5 Å². The summed E-state index contributed by atoms with van der Waals surface area (Å²) in [6.07, 6.45) is 0. The van der Waals surface area contributed by atoms with Crippen molar-refractivity contribution in [1.29, 1.82) is 0 Å². The van der Waals surface area contributed by atoms with Crippen LogP contribution in [0.1, 0.15) is 13.8 Å². The number of nitrogens with one attached hydrogen (secondary N) is 3. The molecule has 4 rings (SSSR count). The van der Waals surface area contributed by atoms with Crippen LogP contribution >= 0.6 is 12.2 Å². The molecule has 1 aliphatic rings. The molecule has 0 atom stereocenters.